The molecule has 2 heterocycles. The standard InChI is InChI=1S/C21H23FN2O4S/c1-2-28-17-9-7-16(8-10-17)24-20-14-29(26,27)13-19(20)23(12-21(24)25)11-15-5-3-4-6-18(15)22/h3-10,19-20H,2,11-14H2,1H3. The van der Waals surface area contributed by atoms with Crippen molar-refractivity contribution in [2.24, 2.45) is 0 Å². The van der Waals surface area contributed by atoms with E-state index in [0.717, 1.165) is 0 Å². The summed E-state index contributed by atoms with van der Waals surface area (Å²) in [5.41, 5.74) is 1.11. The highest BCUT2D eigenvalue weighted by molar-refractivity contribution is 7.91. The minimum absolute atomic E-state index is 0.0348. The highest BCUT2D eigenvalue weighted by Gasteiger charge is 2.49. The molecular weight excluding hydrogens is 395 g/mol. The second-order valence-corrected chi connectivity index (χ2v) is 9.55. The molecule has 6 nitrogen and oxygen atoms in total. The molecular formula is C21H23FN2O4S. The fraction of sp³-hybridized carbons (Fsp3) is 0.381. The van der Waals surface area contributed by atoms with Crippen molar-refractivity contribution >= 4 is 21.4 Å². The van der Waals surface area contributed by atoms with Gasteiger partial charge in [0.1, 0.15) is 11.6 Å². The van der Waals surface area contributed by atoms with Crippen LogP contribution in [-0.4, -0.2) is 56.0 Å². The van der Waals surface area contributed by atoms with Gasteiger partial charge in [0.25, 0.3) is 0 Å². The zero-order chi connectivity index (χ0) is 20.6. The van der Waals surface area contributed by atoms with Crippen LogP contribution in [0.1, 0.15) is 12.5 Å². The maximum Gasteiger partial charge on any atom is 0.241 e. The number of amides is 1. The molecule has 2 saturated heterocycles. The number of sulfone groups is 1. The molecule has 0 spiro atoms. The molecule has 0 aromatic heterocycles. The van der Waals surface area contributed by atoms with Crippen molar-refractivity contribution < 1.29 is 22.3 Å². The van der Waals surface area contributed by atoms with E-state index >= 15 is 0 Å². The van der Waals surface area contributed by atoms with Gasteiger partial charge < -0.3 is 9.64 Å². The molecule has 0 bridgehead atoms. The first-order chi connectivity index (χ1) is 13.9. The molecule has 2 fully saturated rings. The molecule has 1 amide bonds. The second kappa shape index (κ2) is 7.76. The van der Waals surface area contributed by atoms with E-state index in [0.29, 0.717) is 23.6 Å². The lowest BCUT2D eigenvalue weighted by molar-refractivity contribution is -0.123. The molecule has 2 aliphatic rings. The number of piperazine rings is 1. The highest BCUT2D eigenvalue weighted by atomic mass is 32.2. The van der Waals surface area contributed by atoms with Crippen LogP contribution in [0.25, 0.3) is 0 Å². The van der Waals surface area contributed by atoms with Crippen LogP contribution in [0.5, 0.6) is 5.75 Å². The molecule has 8 heteroatoms. The van der Waals surface area contributed by atoms with Crippen LogP contribution in [0.3, 0.4) is 0 Å². The van der Waals surface area contributed by atoms with E-state index < -0.39 is 15.9 Å². The van der Waals surface area contributed by atoms with Crippen molar-refractivity contribution in [2.75, 3.05) is 29.6 Å². The third-order valence-corrected chi connectivity index (χ3v) is 7.16. The predicted octanol–water partition coefficient (Wildman–Crippen LogP) is 2.24. The maximum absolute atomic E-state index is 14.1. The van der Waals surface area contributed by atoms with Gasteiger partial charge in [-0.15, -0.1) is 0 Å². The van der Waals surface area contributed by atoms with Crippen molar-refractivity contribution in [1.29, 1.82) is 0 Å². The van der Waals surface area contributed by atoms with Crippen molar-refractivity contribution in [3.63, 3.8) is 0 Å². The summed E-state index contributed by atoms with van der Waals surface area (Å²) >= 11 is 0. The van der Waals surface area contributed by atoms with Crippen LogP contribution in [0, 0.1) is 5.82 Å². The van der Waals surface area contributed by atoms with Crippen LogP contribution in [-0.2, 0) is 21.2 Å². The number of rotatable bonds is 5. The smallest absolute Gasteiger partial charge is 0.241 e. The lowest BCUT2D eigenvalue weighted by Gasteiger charge is -2.43. The van der Waals surface area contributed by atoms with Crippen LogP contribution in [0.15, 0.2) is 48.5 Å². The quantitative estimate of drug-likeness (QED) is 0.745. The van der Waals surface area contributed by atoms with Gasteiger partial charge >= 0.3 is 0 Å². The van der Waals surface area contributed by atoms with Crippen molar-refractivity contribution in [2.45, 2.75) is 25.6 Å². The van der Waals surface area contributed by atoms with Gasteiger partial charge in [0.15, 0.2) is 9.84 Å². The molecule has 29 heavy (non-hydrogen) atoms. The zero-order valence-electron chi connectivity index (χ0n) is 16.1. The molecule has 2 aromatic rings. The zero-order valence-corrected chi connectivity index (χ0v) is 16.9. The Morgan fingerprint density at radius 2 is 1.76 bits per heavy atom. The van der Waals surface area contributed by atoms with Crippen molar-refractivity contribution in [1.82, 2.24) is 4.90 Å². The lowest BCUT2D eigenvalue weighted by atomic mass is 10.0. The monoisotopic (exact) mass is 418 g/mol. The number of carbonyl (C=O) groups excluding carboxylic acids is 1. The Morgan fingerprint density at radius 3 is 2.45 bits per heavy atom. The van der Waals surface area contributed by atoms with E-state index in [1.54, 1.807) is 52.3 Å². The average Bonchev–Trinajstić information content (AvgIpc) is 3.00. The summed E-state index contributed by atoms with van der Waals surface area (Å²) in [4.78, 5) is 16.4. The number of carbonyl (C=O) groups is 1. The highest BCUT2D eigenvalue weighted by Crippen LogP contribution is 2.33. The topological polar surface area (TPSA) is 66.9 Å². The molecule has 2 aromatic carbocycles. The summed E-state index contributed by atoms with van der Waals surface area (Å²) in [6, 6.07) is 12.6. The summed E-state index contributed by atoms with van der Waals surface area (Å²) in [7, 11) is -3.30. The van der Waals surface area contributed by atoms with Gasteiger partial charge in [0.2, 0.25) is 5.91 Å². The third kappa shape index (κ3) is 4.00. The van der Waals surface area contributed by atoms with E-state index in [9.17, 15) is 17.6 Å². The molecule has 0 aliphatic carbocycles. The normalized spacial score (nSPS) is 23.8. The second-order valence-electron chi connectivity index (χ2n) is 7.40. The van der Waals surface area contributed by atoms with Crippen molar-refractivity contribution in [3.05, 3.63) is 59.9 Å². The number of benzene rings is 2. The van der Waals surface area contributed by atoms with Gasteiger partial charge in [-0.25, -0.2) is 12.8 Å². The van der Waals surface area contributed by atoms with Gasteiger partial charge in [0.05, 0.1) is 30.7 Å². The first kappa shape index (κ1) is 19.8. The lowest BCUT2D eigenvalue weighted by Crippen LogP contribution is -2.61. The van der Waals surface area contributed by atoms with Gasteiger partial charge in [-0.3, -0.25) is 9.69 Å². The number of halogens is 1. The number of hydrogen-bond donors (Lipinski definition) is 0. The Morgan fingerprint density at radius 1 is 1.07 bits per heavy atom. The minimum atomic E-state index is -3.30. The molecule has 0 N–H and O–H groups in total. The number of anilines is 1. The Hall–Kier alpha value is -2.45. The molecule has 4 rings (SSSR count). The molecule has 2 unspecified atom stereocenters. The summed E-state index contributed by atoms with van der Waals surface area (Å²) in [6.07, 6.45) is 0. The van der Waals surface area contributed by atoms with Crippen LogP contribution < -0.4 is 9.64 Å². The van der Waals surface area contributed by atoms with Crippen LogP contribution in [0.2, 0.25) is 0 Å². The SMILES string of the molecule is CCOc1ccc(N2C(=O)CN(Cc3ccccc3F)C3CS(=O)(=O)CC32)cc1. The molecule has 0 radical (unpaired) electrons. The van der Waals surface area contributed by atoms with Crippen LogP contribution >= 0.6 is 0 Å². The van der Waals surface area contributed by atoms with E-state index in [4.69, 9.17) is 4.74 Å². The summed E-state index contributed by atoms with van der Waals surface area (Å²) < 4.78 is 44.4. The third-order valence-electron chi connectivity index (χ3n) is 5.46. The van der Waals surface area contributed by atoms with E-state index in [1.165, 1.54) is 6.07 Å². The Labute approximate surface area is 169 Å². The van der Waals surface area contributed by atoms with Crippen molar-refractivity contribution in [3.8, 4) is 5.75 Å². The number of fused-ring (bicyclic) bond motifs is 1. The maximum atomic E-state index is 14.1. The van der Waals surface area contributed by atoms with Gasteiger partial charge in [-0.1, -0.05) is 18.2 Å². The van der Waals surface area contributed by atoms with Gasteiger partial charge in [-0.2, -0.15) is 0 Å². The van der Waals surface area contributed by atoms with E-state index in [1.807, 2.05) is 6.92 Å². The molecule has 2 atom stereocenters. The largest absolute Gasteiger partial charge is 0.494 e. The number of nitrogens with zero attached hydrogens (tertiary/aromatic N) is 2. The van der Waals surface area contributed by atoms with Gasteiger partial charge in [-0.05, 0) is 37.3 Å². The summed E-state index contributed by atoms with van der Waals surface area (Å²) in [6.45, 7) is 2.67. The predicted molar refractivity (Wildman–Crippen MR) is 108 cm³/mol. The first-order valence-corrected chi connectivity index (χ1v) is 11.4. The fourth-order valence-corrected chi connectivity index (χ4v) is 6.16. The first-order valence-electron chi connectivity index (χ1n) is 9.61. The molecule has 0 saturated carbocycles. The number of ether oxygens (including phenoxy) is 1. The summed E-state index contributed by atoms with van der Waals surface area (Å²) in [5, 5.41) is 0. The van der Waals surface area contributed by atoms with E-state index in [2.05, 4.69) is 0 Å². The minimum Gasteiger partial charge on any atom is -0.494 e. The fourth-order valence-electron chi connectivity index (χ4n) is 4.18. The Balaban J connectivity index is 1.64. The van der Waals surface area contributed by atoms with E-state index in [-0.39, 0.29) is 42.4 Å². The summed E-state index contributed by atoms with van der Waals surface area (Å²) in [5.74, 6) is 0.0183. The molecule has 154 valence electrons. The Kier molecular flexibility index (Phi) is 5.31. The van der Waals surface area contributed by atoms with Crippen LogP contribution in [0.4, 0.5) is 10.1 Å². The number of hydrogen-bond acceptors (Lipinski definition) is 5. The molecule has 2 aliphatic heterocycles. The Bertz CT molecular complexity index is 1010. The van der Waals surface area contributed by atoms with Gasteiger partial charge in [0, 0.05) is 23.8 Å². The average molecular weight is 418 g/mol.